The Balaban J connectivity index is 1.65. The summed E-state index contributed by atoms with van der Waals surface area (Å²) in [5, 5.41) is 12.8. The fourth-order valence-corrected chi connectivity index (χ4v) is 3.39. The van der Waals surface area contributed by atoms with Crippen LogP contribution in [0.1, 0.15) is 31.2 Å². The first-order valence-corrected chi connectivity index (χ1v) is 7.21. The van der Waals surface area contributed by atoms with Crippen LogP contribution in [-0.2, 0) is 0 Å². The molecule has 0 aliphatic carbocycles. The van der Waals surface area contributed by atoms with Gasteiger partial charge in [0.2, 0.25) is 0 Å². The summed E-state index contributed by atoms with van der Waals surface area (Å²) in [6.07, 6.45) is 8.62. The molecule has 3 heterocycles. The minimum atomic E-state index is 0.728. The van der Waals surface area contributed by atoms with Gasteiger partial charge in [-0.2, -0.15) is 5.26 Å². The molecule has 1 atom stereocenters. The van der Waals surface area contributed by atoms with Crippen LogP contribution in [0.3, 0.4) is 0 Å². The van der Waals surface area contributed by atoms with Crippen molar-refractivity contribution >= 4 is 5.69 Å². The van der Waals surface area contributed by atoms with Crippen molar-refractivity contribution in [3.05, 3.63) is 24.0 Å². The Morgan fingerprint density at radius 3 is 2.84 bits per heavy atom. The van der Waals surface area contributed by atoms with Crippen LogP contribution in [0.15, 0.2) is 18.5 Å². The minimum absolute atomic E-state index is 0.728. The van der Waals surface area contributed by atoms with E-state index in [-0.39, 0.29) is 0 Å². The molecule has 19 heavy (non-hydrogen) atoms. The summed E-state index contributed by atoms with van der Waals surface area (Å²) in [4.78, 5) is 6.48. The van der Waals surface area contributed by atoms with Crippen molar-refractivity contribution in [1.82, 2.24) is 10.3 Å². The molecule has 100 valence electrons. The van der Waals surface area contributed by atoms with Crippen molar-refractivity contribution < 1.29 is 0 Å². The van der Waals surface area contributed by atoms with Gasteiger partial charge in [-0.15, -0.1) is 0 Å². The van der Waals surface area contributed by atoms with Crippen molar-refractivity contribution in [2.24, 2.45) is 5.92 Å². The van der Waals surface area contributed by atoms with E-state index in [1.54, 1.807) is 12.3 Å². The summed E-state index contributed by atoms with van der Waals surface area (Å²) in [6, 6.07) is 4.80. The Kier molecular flexibility index (Phi) is 3.65. The van der Waals surface area contributed by atoms with E-state index in [4.69, 9.17) is 5.26 Å². The lowest BCUT2D eigenvalue weighted by atomic mass is 9.88. The molecular formula is C15H20N4. The Bertz CT molecular complexity index is 465. The van der Waals surface area contributed by atoms with Crippen LogP contribution in [0.5, 0.6) is 0 Å². The molecule has 3 rings (SSSR count). The summed E-state index contributed by atoms with van der Waals surface area (Å²) in [6.45, 7) is 3.28. The number of nitrogens with one attached hydrogen (secondary N) is 1. The van der Waals surface area contributed by atoms with Crippen LogP contribution in [-0.4, -0.2) is 30.7 Å². The van der Waals surface area contributed by atoms with Gasteiger partial charge in [-0.25, -0.2) is 0 Å². The van der Waals surface area contributed by atoms with Crippen molar-refractivity contribution in [3.63, 3.8) is 0 Å². The van der Waals surface area contributed by atoms with Crippen LogP contribution < -0.4 is 10.2 Å². The molecule has 2 aliphatic rings. The van der Waals surface area contributed by atoms with Gasteiger partial charge in [0.05, 0.1) is 17.4 Å². The van der Waals surface area contributed by atoms with E-state index in [0.717, 1.165) is 36.3 Å². The third kappa shape index (κ3) is 2.57. The van der Waals surface area contributed by atoms with Crippen LogP contribution in [0, 0.1) is 17.2 Å². The number of anilines is 1. The maximum atomic E-state index is 9.16. The topological polar surface area (TPSA) is 52.0 Å². The molecule has 0 radical (unpaired) electrons. The predicted molar refractivity (Wildman–Crippen MR) is 74.9 cm³/mol. The Hall–Kier alpha value is -1.60. The number of nitrogens with zero attached hydrogens (tertiary/aromatic N) is 3. The van der Waals surface area contributed by atoms with Crippen LogP contribution in [0.4, 0.5) is 5.69 Å². The van der Waals surface area contributed by atoms with Gasteiger partial charge >= 0.3 is 0 Å². The quantitative estimate of drug-likeness (QED) is 0.878. The first-order valence-electron chi connectivity index (χ1n) is 7.21. The Morgan fingerprint density at radius 1 is 1.32 bits per heavy atom. The molecule has 0 aromatic carbocycles. The molecule has 2 fully saturated rings. The zero-order valence-electron chi connectivity index (χ0n) is 11.2. The highest BCUT2D eigenvalue weighted by Crippen LogP contribution is 2.29. The van der Waals surface area contributed by atoms with Gasteiger partial charge < -0.3 is 10.2 Å². The van der Waals surface area contributed by atoms with Crippen molar-refractivity contribution in [3.8, 4) is 6.07 Å². The number of hydrogen-bond donors (Lipinski definition) is 1. The number of hydrogen-bond acceptors (Lipinski definition) is 4. The van der Waals surface area contributed by atoms with Crippen molar-refractivity contribution in [2.45, 2.75) is 31.7 Å². The molecule has 0 saturated carbocycles. The molecule has 1 unspecified atom stereocenters. The highest BCUT2D eigenvalue weighted by Gasteiger charge is 2.28. The van der Waals surface area contributed by atoms with E-state index >= 15 is 0 Å². The predicted octanol–water partition coefficient (Wildman–Crippen LogP) is 1.92. The summed E-state index contributed by atoms with van der Waals surface area (Å²) in [5.41, 5.74) is 1.75. The first-order chi connectivity index (χ1) is 9.38. The fraction of sp³-hybridized carbons (Fsp3) is 0.600. The number of pyridine rings is 1. The monoisotopic (exact) mass is 256 g/mol. The van der Waals surface area contributed by atoms with Gasteiger partial charge in [0.1, 0.15) is 6.07 Å². The number of aromatic nitrogens is 1. The van der Waals surface area contributed by atoms with Crippen molar-refractivity contribution in [2.75, 3.05) is 24.5 Å². The van der Waals surface area contributed by atoms with Gasteiger partial charge in [-0.3, -0.25) is 4.98 Å². The fourth-order valence-electron chi connectivity index (χ4n) is 3.39. The number of rotatable bonds is 2. The van der Waals surface area contributed by atoms with Gasteiger partial charge in [-0.1, -0.05) is 0 Å². The zero-order valence-corrected chi connectivity index (χ0v) is 11.2. The third-order valence-electron chi connectivity index (χ3n) is 4.47. The summed E-state index contributed by atoms with van der Waals surface area (Å²) in [5.74, 6) is 0.806. The van der Waals surface area contributed by atoms with Gasteiger partial charge in [0.25, 0.3) is 0 Å². The van der Waals surface area contributed by atoms with Crippen LogP contribution >= 0.6 is 0 Å². The van der Waals surface area contributed by atoms with E-state index in [1.807, 2.05) is 6.20 Å². The lowest BCUT2D eigenvalue weighted by Crippen LogP contribution is -2.41. The first kappa shape index (κ1) is 12.4. The van der Waals surface area contributed by atoms with Gasteiger partial charge in [0, 0.05) is 25.3 Å². The van der Waals surface area contributed by atoms with Crippen molar-refractivity contribution in [1.29, 1.82) is 5.26 Å². The highest BCUT2D eigenvalue weighted by molar-refractivity contribution is 5.57. The van der Waals surface area contributed by atoms with Gasteiger partial charge in [0.15, 0.2) is 0 Å². The molecule has 2 aliphatic heterocycles. The van der Waals surface area contributed by atoms with E-state index in [1.165, 1.54) is 32.2 Å². The Labute approximate surface area is 114 Å². The molecule has 4 nitrogen and oxygen atoms in total. The average Bonchev–Trinajstić information content (AvgIpc) is 3.02. The second-order valence-electron chi connectivity index (χ2n) is 5.53. The normalized spacial score (nSPS) is 24.4. The van der Waals surface area contributed by atoms with E-state index in [9.17, 15) is 0 Å². The summed E-state index contributed by atoms with van der Waals surface area (Å²) >= 11 is 0. The van der Waals surface area contributed by atoms with E-state index < -0.39 is 0 Å². The molecule has 1 aromatic rings. The maximum absolute atomic E-state index is 9.16. The maximum Gasteiger partial charge on any atom is 0.101 e. The van der Waals surface area contributed by atoms with Crippen LogP contribution in [0.2, 0.25) is 0 Å². The average molecular weight is 256 g/mol. The van der Waals surface area contributed by atoms with E-state index in [0.29, 0.717) is 0 Å². The SMILES string of the molecule is N#Cc1ccncc1N1CCC(C2CCCN2)CC1. The lowest BCUT2D eigenvalue weighted by Gasteiger charge is -2.36. The second-order valence-corrected chi connectivity index (χ2v) is 5.53. The minimum Gasteiger partial charge on any atom is -0.369 e. The van der Waals surface area contributed by atoms with Crippen LogP contribution in [0.25, 0.3) is 0 Å². The molecule has 4 heteroatoms. The molecule has 0 spiro atoms. The summed E-state index contributed by atoms with van der Waals surface area (Å²) < 4.78 is 0. The number of piperidine rings is 1. The molecule has 0 bridgehead atoms. The van der Waals surface area contributed by atoms with E-state index in [2.05, 4.69) is 21.3 Å². The summed E-state index contributed by atoms with van der Waals surface area (Å²) in [7, 11) is 0. The largest absolute Gasteiger partial charge is 0.369 e. The molecule has 2 saturated heterocycles. The molecule has 1 N–H and O–H groups in total. The highest BCUT2D eigenvalue weighted by atomic mass is 15.1. The molecule has 0 amide bonds. The standard InChI is InChI=1S/C15H20N4/c16-10-13-3-7-17-11-15(13)19-8-4-12(5-9-19)14-2-1-6-18-14/h3,7,11-12,14,18H,1-2,4-6,8-9H2. The molecular weight excluding hydrogens is 236 g/mol. The zero-order chi connectivity index (χ0) is 13.1. The molecule has 1 aromatic heterocycles. The Morgan fingerprint density at radius 2 is 2.16 bits per heavy atom. The smallest absolute Gasteiger partial charge is 0.101 e. The third-order valence-corrected chi connectivity index (χ3v) is 4.47. The second kappa shape index (κ2) is 5.58. The van der Waals surface area contributed by atoms with Gasteiger partial charge in [-0.05, 0) is 44.2 Å². The lowest BCUT2D eigenvalue weighted by molar-refractivity contribution is 0.319. The number of nitriles is 1.